The molecule has 0 bridgehead atoms. The molecule has 2 heterocycles. The van der Waals surface area contributed by atoms with E-state index in [0.717, 1.165) is 28.9 Å². The molecule has 0 spiro atoms. The fourth-order valence-corrected chi connectivity index (χ4v) is 2.48. The maximum atomic E-state index is 12.3. The predicted molar refractivity (Wildman–Crippen MR) is 76.1 cm³/mol. The number of ether oxygens (including phenoxy) is 1. The summed E-state index contributed by atoms with van der Waals surface area (Å²) >= 11 is 5.90. The van der Waals surface area contributed by atoms with Crippen molar-refractivity contribution in [2.24, 2.45) is 0 Å². The van der Waals surface area contributed by atoms with Gasteiger partial charge in [0.25, 0.3) is 5.91 Å². The molecule has 0 fully saturated rings. The lowest BCUT2D eigenvalue weighted by Gasteiger charge is -2.12. The summed E-state index contributed by atoms with van der Waals surface area (Å²) in [5.74, 6) is -0.238. The van der Waals surface area contributed by atoms with Gasteiger partial charge in [0.15, 0.2) is 5.69 Å². The van der Waals surface area contributed by atoms with Crippen LogP contribution in [0.2, 0.25) is 5.02 Å². The number of nitrogens with one attached hydrogen (secondary N) is 2. The summed E-state index contributed by atoms with van der Waals surface area (Å²) in [5, 5.41) is 10.5. The van der Waals surface area contributed by atoms with E-state index in [1.807, 2.05) is 6.92 Å². The van der Waals surface area contributed by atoms with Crippen LogP contribution in [0.25, 0.3) is 0 Å². The molecule has 3 rings (SSSR count). The van der Waals surface area contributed by atoms with Crippen LogP contribution in [-0.2, 0) is 17.8 Å². The number of halogens is 1. The van der Waals surface area contributed by atoms with E-state index in [4.69, 9.17) is 16.3 Å². The normalized spacial score (nSPS) is 13.9. The van der Waals surface area contributed by atoms with Crippen molar-refractivity contribution in [2.75, 3.05) is 11.9 Å². The molecule has 0 saturated carbocycles. The fourth-order valence-electron chi connectivity index (χ4n) is 2.25. The van der Waals surface area contributed by atoms with E-state index in [0.29, 0.717) is 23.9 Å². The summed E-state index contributed by atoms with van der Waals surface area (Å²) in [6.07, 6.45) is 0.760. The first kappa shape index (κ1) is 13.1. The maximum Gasteiger partial charge on any atom is 0.276 e. The average Bonchev–Trinajstić information content (AvgIpc) is 2.86. The number of anilines is 1. The molecule has 2 aromatic rings. The molecule has 1 aromatic carbocycles. The smallest absolute Gasteiger partial charge is 0.276 e. The molecule has 5 nitrogen and oxygen atoms in total. The molecule has 0 radical (unpaired) electrons. The van der Waals surface area contributed by atoms with Gasteiger partial charge in [-0.05, 0) is 30.7 Å². The first-order valence-electron chi connectivity index (χ1n) is 6.36. The van der Waals surface area contributed by atoms with E-state index in [2.05, 4.69) is 15.5 Å². The molecule has 104 valence electrons. The third-order valence-corrected chi connectivity index (χ3v) is 3.58. The Morgan fingerprint density at radius 2 is 2.35 bits per heavy atom. The van der Waals surface area contributed by atoms with Crippen molar-refractivity contribution in [1.29, 1.82) is 0 Å². The van der Waals surface area contributed by atoms with Crippen molar-refractivity contribution >= 4 is 23.2 Å². The Labute approximate surface area is 121 Å². The van der Waals surface area contributed by atoms with Crippen LogP contribution in [0.15, 0.2) is 18.2 Å². The second-order valence-corrected chi connectivity index (χ2v) is 5.18. The van der Waals surface area contributed by atoms with Crippen LogP contribution in [-0.4, -0.2) is 22.7 Å². The molecule has 0 unspecified atom stereocenters. The number of rotatable bonds is 2. The van der Waals surface area contributed by atoms with Crippen LogP contribution in [0.1, 0.15) is 27.3 Å². The van der Waals surface area contributed by atoms with Crippen LogP contribution in [0.5, 0.6) is 0 Å². The summed E-state index contributed by atoms with van der Waals surface area (Å²) in [6.45, 7) is 2.98. The van der Waals surface area contributed by atoms with E-state index in [1.54, 1.807) is 18.2 Å². The van der Waals surface area contributed by atoms with Crippen molar-refractivity contribution in [3.63, 3.8) is 0 Å². The van der Waals surface area contributed by atoms with Gasteiger partial charge in [-0.3, -0.25) is 9.89 Å². The van der Waals surface area contributed by atoms with Crippen molar-refractivity contribution in [3.8, 4) is 0 Å². The Morgan fingerprint density at radius 3 is 3.15 bits per heavy atom. The largest absolute Gasteiger partial charge is 0.376 e. The number of H-pyrrole nitrogens is 1. The van der Waals surface area contributed by atoms with Crippen molar-refractivity contribution in [3.05, 3.63) is 45.7 Å². The number of aromatic nitrogens is 2. The Bertz CT molecular complexity index is 666. The number of hydrogen-bond donors (Lipinski definition) is 2. The molecular weight excluding hydrogens is 278 g/mol. The summed E-state index contributed by atoms with van der Waals surface area (Å²) in [5.41, 5.74) is 3.86. The van der Waals surface area contributed by atoms with Gasteiger partial charge in [0, 0.05) is 28.4 Å². The van der Waals surface area contributed by atoms with Crippen LogP contribution < -0.4 is 5.32 Å². The summed E-state index contributed by atoms with van der Waals surface area (Å²) in [6, 6.07) is 5.33. The highest BCUT2D eigenvalue weighted by Gasteiger charge is 2.22. The molecule has 6 heteroatoms. The van der Waals surface area contributed by atoms with Crippen molar-refractivity contribution < 1.29 is 9.53 Å². The Balaban J connectivity index is 1.84. The van der Waals surface area contributed by atoms with Gasteiger partial charge in [-0.15, -0.1) is 0 Å². The summed E-state index contributed by atoms with van der Waals surface area (Å²) in [4.78, 5) is 12.3. The van der Waals surface area contributed by atoms with Gasteiger partial charge in [0.05, 0.1) is 13.2 Å². The summed E-state index contributed by atoms with van der Waals surface area (Å²) < 4.78 is 5.38. The standard InChI is InChI=1S/C14H14ClN3O2/c1-8-6-9(15)2-3-11(8)16-14(19)13-10-7-20-5-4-12(10)17-18-13/h2-3,6H,4-5,7H2,1H3,(H,16,19)(H,17,18). The molecule has 1 aromatic heterocycles. The van der Waals surface area contributed by atoms with Crippen LogP contribution >= 0.6 is 11.6 Å². The topological polar surface area (TPSA) is 67.0 Å². The maximum absolute atomic E-state index is 12.3. The zero-order valence-corrected chi connectivity index (χ0v) is 11.8. The number of aromatic amines is 1. The third kappa shape index (κ3) is 2.42. The lowest BCUT2D eigenvalue weighted by atomic mass is 10.1. The number of aryl methyl sites for hydroxylation is 1. The minimum absolute atomic E-state index is 0.238. The minimum atomic E-state index is -0.238. The first-order chi connectivity index (χ1) is 9.65. The van der Waals surface area contributed by atoms with Gasteiger partial charge >= 0.3 is 0 Å². The highest BCUT2D eigenvalue weighted by Crippen LogP contribution is 2.22. The average molecular weight is 292 g/mol. The minimum Gasteiger partial charge on any atom is -0.376 e. The molecule has 0 atom stereocenters. The van der Waals surface area contributed by atoms with E-state index >= 15 is 0 Å². The second-order valence-electron chi connectivity index (χ2n) is 4.75. The van der Waals surface area contributed by atoms with Crippen molar-refractivity contribution in [1.82, 2.24) is 10.2 Å². The molecule has 1 aliphatic rings. The predicted octanol–water partition coefficient (Wildman–Crippen LogP) is 2.70. The van der Waals surface area contributed by atoms with Gasteiger partial charge in [-0.25, -0.2) is 0 Å². The molecule has 20 heavy (non-hydrogen) atoms. The molecular formula is C14H14ClN3O2. The van der Waals surface area contributed by atoms with Gasteiger partial charge in [-0.1, -0.05) is 11.6 Å². The molecule has 2 N–H and O–H groups in total. The summed E-state index contributed by atoms with van der Waals surface area (Å²) in [7, 11) is 0. The van der Waals surface area contributed by atoms with Crippen molar-refractivity contribution in [2.45, 2.75) is 20.0 Å². The van der Waals surface area contributed by atoms with E-state index in [1.165, 1.54) is 0 Å². The Hall–Kier alpha value is -1.85. The van der Waals surface area contributed by atoms with E-state index < -0.39 is 0 Å². The molecule has 0 saturated heterocycles. The quantitative estimate of drug-likeness (QED) is 0.894. The lowest BCUT2D eigenvalue weighted by Crippen LogP contribution is -2.17. The van der Waals surface area contributed by atoms with Crippen LogP contribution in [0.4, 0.5) is 5.69 Å². The number of nitrogens with zero attached hydrogens (tertiary/aromatic N) is 1. The number of fused-ring (bicyclic) bond motifs is 1. The Kier molecular flexibility index (Phi) is 3.46. The SMILES string of the molecule is Cc1cc(Cl)ccc1NC(=O)c1n[nH]c2c1COCC2. The number of benzene rings is 1. The number of amides is 1. The molecule has 0 aliphatic carbocycles. The highest BCUT2D eigenvalue weighted by atomic mass is 35.5. The van der Waals surface area contributed by atoms with E-state index in [9.17, 15) is 4.79 Å². The second kappa shape index (κ2) is 5.26. The molecule has 1 aliphatic heterocycles. The lowest BCUT2D eigenvalue weighted by molar-refractivity contribution is 0.0985. The van der Waals surface area contributed by atoms with Gasteiger partial charge < -0.3 is 10.1 Å². The monoisotopic (exact) mass is 291 g/mol. The zero-order valence-electron chi connectivity index (χ0n) is 11.0. The Morgan fingerprint density at radius 1 is 1.50 bits per heavy atom. The molecule has 1 amide bonds. The number of carbonyl (C=O) groups is 1. The van der Waals surface area contributed by atoms with E-state index in [-0.39, 0.29) is 5.91 Å². The van der Waals surface area contributed by atoms with Gasteiger partial charge in [-0.2, -0.15) is 5.10 Å². The fraction of sp³-hybridized carbons (Fsp3) is 0.286. The van der Waals surface area contributed by atoms with Crippen LogP contribution in [0.3, 0.4) is 0 Å². The number of hydrogen-bond acceptors (Lipinski definition) is 3. The van der Waals surface area contributed by atoms with Crippen LogP contribution in [0, 0.1) is 6.92 Å². The third-order valence-electron chi connectivity index (χ3n) is 3.35. The zero-order chi connectivity index (χ0) is 14.1. The number of carbonyl (C=O) groups excluding carboxylic acids is 1. The van der Waals surface area contributed by atoms with Gasteiger partial charge in [0.2, 0.25) is 0 Å². The highest BCUT2D eigenvalue weighted by molar-refractivity contribution is 6.30. The van der Waals surface area contributed by atoms with Gasteiger partial charge in [0.1, 0.15) is 0 Å². The first-order valence-corrected chi connectivity index (χ1v) is 6.74.